The van der Waals surface area contributed by atoms with Gasteiger partial charge in [0.1, 0.15) is 5.82 Å². The van der Waals surface area contributed by atoms with Crippen molar-refractivity contribution in [3.05, 3.63) is 47.0 Å². The number of rotatable bonds is 4. The number of aliphatic carboxylic acids is 1. The van der Waals surface area contributed by atoms with E-state index in [9.17, 15) is 44.7 Å². The Morgan fingerprint density at radius 1 is 0.967 bits per heavy atom. The number of carbonyl (C=O) groups is 2. The molecule has 160 valence electrons. The highest BCUT2D eigenvalue weighted by Crippen LogP contribution is 2.44. The van der Waals surface area contributed by atoms with E-state index in [4.69, 9.17) is 5.11 Å². The molecule has 0 unspecified atom stereocenters. The van der Waals surface area contributed by atoms with Gasteiger partial charge in [0.05, 0.1) is 17.7 Å². The maximum absolute atomic E-state index is 14.4. The molecule has 0 spiro atoms. The molecule has 0 fully saturated rings. The summed E-state index contributed by atoms with van der Waals surface area (Å²) in [5, 5.41) is 8.71. The minimum Gasteiger partial charge on any atom is -0.481 e. The van der Waals surface area contributed by atoms with Crippen LogP contribution in [0.2, 0.25) is 0 Å². The Labute approximate surface area is 161 Å². The van der Waals surface area contributed by atoms with E-state index in [-0.39, 0.29) is 11.0 Å². The number of fused-ring (bicyclic) bond motifs is 1. The highest BCUT2D eigenvalue weighted by atomic mass is 19.3. The summed E-state index contributed by atoms with van der Waals surface area (Å²) in [5.74, 6) is -18.4. The van der Waals surface area contributed by atoms with Crippen molar-refractivity contribution in [2.24, 2.45) is 0 Å². The SMILES string of the molecule is O=C(O)CCN1C(=O)C(F)(F)Oc2cc(F)c(-c3c(F)c(F)c(F)c(F)c3F)cc21. The number of benzene rings is 2. The van der Waals surface area contributed by atoms with Gasteiger partial charge in [0.2, 0.25) is 5.82 Å². The summed E-state index contributed by atoms with van der Waals surface area (Å²) in [6.45, 7) is -0.887. The van der Waals surface area contributed by atoms with Gasteiger partial charge in [-0.2, -0.15) is 8.78 Å². The number of hydrogen-bond acceptors (Lipinski definition) is 3. The van der Waals surface area contributed by atoms with Gasteiger partial charge in [-0.25, -0.2) is 26.3 Å². The van der Waals surface area contributed by atoms with Crippen molar-refractivity contribution in [3.8, 4) is 16.9 Å². The molecule has 1 aliphatic rings. The van der Waals surface area contributed by atoms with Gasteiger partial charge in [0.15, 0.2) is 29.0 Å². The van der Waals surface area contributed by atoms with E-state index in [1.165, 1.54) is 0 Å². The first-order chi connectivity index (χ1) is 13.9. The lowest BCUT2D eigenvalue weighted by molar-refractivity contribution is -0.192. The van der Waals surface area contributed by atoms with E-state index >= 15 is 0 Å². The van der Waals surface area contributed by atoms with E-state index in [0.717, 1.165) is 0 Å². The van der Waals surface area contributed by atoms with Crippen LogP contribution in [0, 0.1) is 34.9 Å². The molecule has 0 bridgehead atoms. The Kier molecular flexibility index (Phi) is 5.08. The fraction of sp³-hybridized carbons (Fsp3) is 0.176. The van der Waals surface area contributed by atoms with Crippen LogP contribution in [0.3, 0.4) is 0 Å². The second-order valence-corrected chi connectivity index (χ2v) is 5.96. The fourth-order valence-corrected chi connectivity index (χ4v) is 2.75. The Bertz CT molecular complexity index is 1060. The molecule has 1 heterocycles. The van der Waals surface area contributed by atoms with Crippen molar-refractivity contribution in [2.75, 3.05) is 11.4 Å². The van der Waals surface area contributed by atoms with E-state index in [1.807, 2.05) is 0 Å². The smallest absolute Gasteiger partial charge is 0.481 e. The molecular formula is C17H7F8NO4. The highest BCUT2D eigenvalue weighted by molar-refractivity contribution is 6.02. The zero-order valence-electron chi connectivity index (χ0n) is 14.2. The number of anilines is 1. The van der Waals surface area contributed by atoms with E-state index in [1.54, 1.807) is 0 Å². The Morgan fingerprint density at radius 3 is 2.03 bits per heavy atom. The van der Waals surface area contributed by atoms with Crippen LogP contribution in [-0.2, 0) is 9.59 Å². The molecule has 5 nitrogen and oxygen atoms in total. The maximum Gasteiger partial charge on any atom is 0.482 e. The quantitative estimate of drug-likeness (QED) is 0.443. The first kappa shape index (κ1) is 21.3. The third-order valence-electron chi connectivity index (χ3n) is 4.10. The van der Waals surface area contributed by atoms with Crippen molar-refractivity contribution >= 4 is 17.6 Å². The van der Waals surface area contributed by atoms with Crippen LogP contribution >= 0.6 is 0 Å². The third-order valence-corrected chi connectivity index (χ3v) is 4.10. The summed E-state index contributed by atoms with van der Waals surface area (Å²) in [7, 11) is 0. The fourth-order valence-electron chi connectivity index (χ4n) is 2.75. The molecule has 13 heteroatoms. The summed E-state index contributed by atoms with van der Waals surface area (Å²) >= 11 is 0. The molecule has 0 saturated carbocycles. The zero-order chi connectivity index (χ0) is 22.5. The number of alkyl halides is 2. The number of halogens is 8. The van der Waals surface area contributed by atoms with Crippen LogP contribution in [0.15, 0.2) is 12.1 Å². The van der Waals surface area contributed by atoms with Crippen molar-refractivity contribution in [1.29, 1.82) is 0 Å². The number of amides is 1. The van der Waals surface area contributed by atoms with Gasteiger partial charge in [-0.3, -0.25) is 14.5 Å². The average Bonchev–Trinajstić information content (AvgIpc) is 2.66. The molecule has 0 aliphatic carbocycles. The normalized spacial score (nSPS) is 15.1. The van der Waals surface area contributed by atoms with Gasteiger partial charge in [0, 0.05) is 18.2 Å². The van der Waals surface area contributed by atoms with Gasteiger partial charge >= 0.3 is 18.0 Å². The molecule has 0 saturated heterocycles. The van der Waals surface area contributed by atoms with E-state index < -0.39 is 88.4 Å². The molecule has 30 heavy (non-hydrogen) atoms. The summed E-state index contributed by atoms with van der Waals surface area (Å²) in [6, 6.07) is 0.495. The molecule has 2 aromatic carbocycles. The largest absolute Gasteiger partial charge is 0.482 e. The van der Waals surface area contributed by atoms with Crippen LogP contribution in [0.4, 0.5) is 40.8 Å². The van der Waals surface area contributed by atoms with Gasteiger partial charge < -0.3 is 9.84 Å². The Morgan fingerprint density at radius 2 is 1.50 bits per heavy atom. The maximum atomic E-state index is 14.4. The van der Waals surface area contributed by atoms with Crippen LogP contribution in [-0.4, -0.2) is 29.6 Å². The number of carboxylic acid groups (broad SMARTS) is 1. The topological polar surface area (TPSA) is 66.8 Å². The molecule has 1 aliphatic heterocycles. The van der Waals surface area contributed by atoms with Gasteiger partial charge in [-0.1, -0.05) is 0 Å². The van der Waals surface area contributed by atoms with Crippen molar-refractivity contribution < 1.29 is 54.6 Å². The first-order valence-electron chi connectivity index (χ1n) is 7.82. The van der Waals surface area contributed by atoms with Crippen LogP contribution in [0.25, 0.3) is 11.1 Å². The van der Waals surface area contributed by atoms with Crippen LogP contribution in [0.5, 0.6) is 5.75 Å². The van der Waals surface area contributed by atoms with Crippen LogP contribution < -0.4 is 9.64 Å². The number of nitrogens with zero attached hydrogens (tertiary/aromatic N) is 1. The monoisotopic (exact) mass is 441 g/mol. The van der Waals surface area contributed by atoms with E-state index in [0.29, 0.717) is 6.07 Å². The molecular weight excluding hydrogens is 434 g/mol. The summed E-state index contributed by atoms with van der Waals surface area (Å²) in [4.78, 5) is 22.8. The predicted molar refractivity (Wildman–Crippen MR) is 81.8 cm³/mol. The molecule has 1 amide bonds. The minimum atomic E-state index is -4.52. The standard InChI is InChI=1S/C17H7F8NO4/c18-6-4-8-7(26(2-1-9(27)28)16(29)17(24,25)30-8)3-5(6)10-11(19)13(21)15(23)14(22)12(10)20/h3-4H,1-2H2,(H,27,28). The first-order valence-corrected chi connectivity index (χ1v) is 7.82. The highest BCUT2D eigenvalue weighted by Gasteiger charge is 2.51. The summed E-state index contributed by atoms with van der Waals surface area (Å²) in [6.07, 6.45) is -5.39. The molecule has 2 aromatic rings. The predicted octanol–water partition coefficient (Wildman–Crippen LogP) is 3.98. The summed E-state index contributed by atoms with van der Waals surface area (Å²) in [5.41, 5.74) is -3.73. The third kappa shape index (κ3) is 3.29. The molecule has 0 radical (unpaired) electrons. The number of carboxylic acids is 1. The molecule has 0 aromatic heterocycles. The van der Waals surface area contributed by atoms with Gasteiger partial charge in [0.25, 0.3) is 0 Å². The second-order valence-electron chi connectivity index (χ2n) is 5.96. The number of hydrogen-bond donors (Lipinski definition) is 1. The second kappa shape index (κ2) is 7.15. The van der Waals surface area contributed by atoms with Crippen molar-refractivity contribution in [1.82, 2.24) is 0 Å². The Balaban J connectivity index is 2.26. The molecule has 3 rings (SSSR count). The Hall–Kier alpha value is -3.38. The molecule has 0 atom stereocenters. The average molecular weight is 441 g/mol. The van der Waals surface area contributed by atoms with Crippen molar-refractivity contribution in [2.45, 2.75) is 12.5 Å². The van der Waals surface area contributed by atoms with Gasteiger partial charge in [-0.05, 0) is 6.07 Å². The molecule has 1 N–H and O–H groups in total. The number of ether oxygens (including phenoxy) is 1. The summed E-state index contributed by atoms with van der Waals surface area (Å²) < 4.78 is 114. The number of carbonyl (C=O) groups excluding carboxylic acids is 1. The lowest BCUT2D eigenvalue weighted by atomic mass is 10.0. The van der Waals surface area contributed by atoms with Gasteiger partial charge in [-0.15, -0.1) is 0 Å². The zero-order valence-corrected chi connectivity index (χ0v) is 14.2. The lowest BCUT2D eigenvalue weighted by Gasteiger charge is -2.33. The lowest BCUT2D eigenvalue weighted by Crippen LogP contribution is -2.51. The van der Waals surface area contributed by atoms with E-state index in [2.05, 4.69) is 4.74 Å². The van der Waals surface area contributed by atoms with Crippen LogP contribution in [0.1, 0.15) is 6.42 Å². The van der Waals surface area contributed by atoms with Crippen molar-refractivity contribution in [3.63, 3.8) is 0 Å². The minimum absolute atomic E-state index is 0.141.